The second-order valence-corrected chi connectivity index (χ2v) is 2.69. The Kier molecular flexibility index (Phi) is 3.06. The molecule has 74 valence electrons. The Morgan fingerprint density at radius 3 is 2.29 bits per heavy atom. The Morgan fingerprint density at radius 1 is 1.29 bits per heavy atom. The number of benzene rings is 1. The van der Waals surface area contributed by atoms with Gasteiger partial charge in [-0.3, -0.25) is 0 Å². The van der Waals surface area contributed by atoms with Crippen LogP contribution < -0.4 is 11.1 Å². The van der Waals surface area contributed by atoms with Crippen molar-refractivity contribution in [3.63, 3.8) is 0 Å². The van der Waals surface area contributed by atoms with Crippen LogP contribution >= 0.6 is 0 Å². The summed E-state index contributed by atoms with van der Waals surface area (Å²) < 4.78 is 0. The van der Waals surface area contributed by atoms with Crippen molar-refractivity contribution in [2.24, 2.45) is 5.73 Å². The van der Waals surface area contributed by atoms with Crippen molar-refractivity contribution in [3.8, 4) is 0 Å². The van der Waals surface area contributed by atoms with E-state index in [0.717, 1.165) is 0 Å². The molecular weight excluding hydrogens is 184 g/mol. The maximum absolute atomic E-state index is 10.8. The summed E-state index contributed by atoms with van der Waals surface area (Å²) in [6, 6.07) is 6.40. The molecule has 4 N–H and O–H groups in total. The van der Waals surface area contributed by atoms with Crippen molar-refractivity contribution in [2.45, 2.75) is 6.04 Å². The summed E-state index contributed by atoms with van der Waals surface area (Å²) in [7, 11) is 0. The maximum atomic E-state index is 10.8. The molecule has 0 spiro atoms. The fourth-order valence-electron chi connectivity index (χ4n) is 1.08. The lowest BCUT2D eigenvalue weighted by Crippen LogP contribution is -2.37. The van der Waals surface area contributed by atoms with Crippen LogP contribution in [-0.4, -0.2) is 17.1 Å². The van der Waals surface area contributed by atoms with E-state index in [9.17, 15) is 9.59 Å². The quantitative estimate of drug-likeness (QED) is 0.653. The van der Waals surface area contributed by atoms with Gasteiger partial charge in [0.05, 0.1) is 0 Å². The number of rotatable bonds is 3. The topological polar surface area (TPSA) is 92.4 Å². The van der Waals surface area contributed by atoms with Crippen LogP contribution in [0.5, 0.6) is 0 Å². The molecule has 1 unspecified atom stereocenters. The van der Waals surface area contributed by atoms with Gasteiger partial charge in [-0.25, -0.2) is 9.59 Å². The SMILES string of the molecule is NC(=O)NC(C(=O)O)c1ccccc1. The van der Waals surface area contributed by atoms with Crippen LogP contribution in [0, 0.1) is 0 Å². The summed E-state index contributed by atoms with van der Waals surface area (Å²) in [6.07, 6.45) is 0. The molecule has 0 saturated heterocycles. The molecular formula is C9H10N2O3. The average Bonchev–Trinajstić information content (AvgIpc) is 2.15. The molecule has 5 heteroatoms. The van der Waals surface area contributed by atoms with Gasteiger partial charge in [-0.2, -0.15) is 0 Å². The van der Waals surface area contributed by atoms with Crippen molar-refractivity contribution >= 4 is 12.0 Å². The van der Waals surface area contributed by atoms with Gasteiger partial charge in [-0.05, 0) is 5.56 Å². The van der Waals surface area contributed by atoms with E-state index in [-0.39, 0.29) is 0 Å². The van der Waals surface area contributed by atoms with Gasteiger partial charge in [0.2, 0.25) is 0 Å². The van der Waals surface area contributed by atoms with Crippen LogP contribution in [0.25, 0.3) is 0 Å². The molecule has 0 aliphatic carbocycles. The average molecular weight is 194 g/mol. The van der Waals surface area contributed by atoms with Crippen molar-refractivity contribution in [1.82, 2.24) is 5.32 Å². The Balaban J connectivity index is 2.89. The molecule has 0 bridgehead atoms. The largest absolute Gasteiger partial charge is 0.479 e. The van der Waals surface area contributed by atoms with Crippen molar-refractivity contribution in [3.05, 3.63) is 35.9 Å². The molecule has 0 fully saturated rings. The standard InChI is InChI=1S/C9H10N2O3/c10-9(14)11-7(8(12)13)6-4-2-1-3-5-6/h1-5,7H,(H,12,13)(H3,10,11,14). The summed E-state index contributed by atoms with van der Waals surface area (Å²) in [5, 5.41) is 10.9. The lowest BCUT2D eigenvalue weighted by atomic mass is 10.1. The molecule has 0 aromatic heterocycles. The number of hydrogen-bond acceptors (Lipinski definition) is 2. The molecule has 1 aromatic rings. The zero-order valence-electron chi connectivity index (χ0n) is 7.31. The number of aliphatic carboxylic acids is 1. The lowest BCUT2D eigenvalue weighted by molar-refractivity contribution is -0.139. The number of nitrogens with two attached hydrogens (primary N) is 1. The van der Waals surface area contributed by atoms with Gasteiger partial charge in [0, 0.05) is 0 Å². The number of hydrogen-bond donors (Lipinski definition) is 3. The Labute approximate surface area is 80.5 Å². The molecule has 1 aromatic carbocycles. The van der Waals surface area contributed by atoms with E-state index in [4.69, 9.17) is 10.8 Å². The Hall–Kier alpha value is -2.04. The molecule has 0 aliphatic heterocycles. The molecule has 2 amide bonds. The highest BCUT2D eigenvalue weighted by molar-refractivity contribution is 5.82. The number of carbonyl (C=O) groups is 2. The molecule has 5 nitrogen and oxygen atoms in total. The number of carboxylic acids is 1. The zero-order chi connectivity index (χ0) is 10.6. The minimum atomic E-state index is -1.14. The van der Waals surface area contributed by atoms with Crippen LogP contribution in [0.2, 0.25) is 0 Å². The van der Waals surface area contributed by atoms with E-state index in [0.29, 0.717) is 5.56 Å². The summed E-state index contributed by atoms with van der Waals surface area (Å²) in [6.45, 7) is 0. The second kappa shape index (κ2) is 4.27. The lowest BCUT2D eigenvalue weighted by Gasteiger charge is -2.12. The van der Waals surface area contributed by atoms with Gasteiger partial charge in [0.15, 0.2) is 6.04 Å². The van der Waals surface area contributed by atoms with Crippen molar-refractivity contribution in [2.75, 3.05) is 0 Å². The van der Waals surface area contributed by atoms with E-state index in [2.05, 4.69) is 5.32 Å². The first-order valence-corrected chi connectivity index (χ1v) is 3.95. The van der Waals surface area contributed by atoms with Gasteiger partial charge in [-0.1, -0.05) is 30.3 Å². The number of urea groups is 1. The normalized spacial score (nSPS) is 11.7. The third kappa shape index (κ3) is 2.48. The monoisotopic (exact) mass is 194 g/mol. The number of nitrogens with one attached hydrogen (secondary N) is 1. The molecule has 14 heavy (non-hydrogen) atoms. The fourth-order valence-corrected chi connectivity index (χ4v) is 1.08. The van der Waals surface area contributed by atoms with E-state index < -0.39 is 18.0 Å². The Morgan fingerprint density at radius 2 is 1.86 bits per heavy atom. The zero-order valence-corrected chi connectivity index (χ0v) is 7.31. The third-order valence-corrected chi connectivity index (χ3v) is 1.67. The second-order valence-electron chi connectivity index (χ2n) is 2.69. The highest BCUT2D eigenvalue weighted by atomic mass is 16.4. The van der Waals surface area contributed by atoms with E-state index in [1.54, 1.807) is 30.3 Å². The van der Waals surface area contributed by atoms with Crippen molar-refractivity contribution < 1.29 is 14.7 Å². The van der Waals surface area contributed by atoms with Crippen LogP contribution in [-0.2, 0) is 4.79 Å². The maximum Gasteiger partial charge on any atom is 0.330 e. The molecule has 0 radical (unpaired) electrons. The molecule has 1 atom stereocenters. The number of carbonyl (C=O) groups excluding carboxylic acids is 1. The highest BCUT2D eigenvalue weighted by Crippen LogP contribution is 2.11. The molecule has 0 saturated carbocycles. The minimum Gasteiger partial charge on any atom is -0.479 e. The van der Waals surface area contributed by atoms with E-state index in [1.807, 2.05) is 0 Å². The summed E-state index contributed by atoms with van der Waals surface area (Å²) in [5.41, 5.74) is 5.34. The summed E-state index contributed by atoms with van der Waals surface area (Å²) >= 11 is 0. The van der Waals surface area contributed by atoms with Crippen LogP contribution in [0.1, 0.15) is 11.6 Å². The predicted molar refractivity (Wildman–Crippen MR) is 49.5 cm³/mol. The third-order valence-electron chi connectivity index (χ3n) is 1.67. The first-order valence-electron chi connectivity index (χ1n) is 3.95. The first-order chi connectivity index (χ1) is 6.61. The van der Waals surface area contributed by atoms with Crippen LogP contribution in [0.3, 0.4) is 0 Å². The van der Waals surface area contributed by atoms with Gasteiger partial charge < -0.3 is 16.2 Å². The fraction of sp³-hybridized carbons (Fsp3) is 0.111. The minimum absolute atomic E-state index is 0.485. The first kappa shape index (κ1) is 10.0. The Bertz CT molecular complexity index is 337. The van der Waals surface area contributed by atoms with Gasteiger partial charge >= 0.3 is 12.0 Å². The number of amides is 2. The smallest absolute Gasteiger partial charge is 0.330 e. The van der Waals surface area contributed by atoms with Crippen LogP contribution in [0.4, 0.5) is 4.79 Å². The molecule has 1 rings (SSSR count). The van der Waals surface area contributed by atoms with E-state index in [1.165, 1.54) is 0 Å². The van der Waals surface area contributed by atoms with Gasteiger partial charge in [-0.15, -0.1) is 0 Å². The number of carboxylic acid groups (broad SMARTS) is 1. The summed E-state index contributed by atoms with van der Waals surface area (Å²) in [5.74, 6) is -1.14. The van der Waals surface area contributed by atoms with E-state index >= 15 is 0 Å². The van der Waals surface area contributed by atoms with Gasteiger partial charge in [0.25, 0.3) is 0 Å². The van der Waals surface area contributed by atoms with Crippen LogP contribution in [0.15, 0.2) is 30.3 Å². The molecule has 0 heterocycles. The predicted octanol–water partition coefficient (Wildman–Crippen LogP) is 0.481. The van der Waals surface area contributed by atoms with Crippen molar-refractivity contribution in [1.29, 1.82) is 0 Å². The number of primary amides is 1. The van der Waals surface area contributed by atoms with Gasteiger partial charge in [0.1, 0.15) is 0 Å². The highest BCUT2D eigenvalue weighted by Gasteiger charge is 2.20. The molecule has 0 aliphatic rings. The summed E-state index contributed by atoms with van der Waals surface area (Å²) in [4.78, 5) is 21.3.